The van der Waals surface area contributed by atoms with E-state index in [1.54, 1.807) is 18.5 Å². The highest BCUT2D eigenvalue weighted by Gasteiger charge is 2.04. The van der Waals surface area contributed by atoms with Crippen LogP contribution in [0.15, 0.2) is 41.9 Å². The highest BCUT2D eigenvalue weighted by molar-refractivity contribution is 5.98. The van der Waals surface area contributed by atoms with Crippen LogP contribution in [0.4, 0.5) is 5.82 Å². The fraction of sp³-hybridized carbons (Fsp3) is 0.167. The number of aromatic nitrogens is 3. The molecule has 0 fully saturated rings. The van der Waals surface area contributed by atoms with Crippen molar-refractivity contribution in [1.29, 1.82) is 0 Å². The van der Waals surface area contributed by atoms with Crippen molar-refractivity contribution < 1.29 is 4.84 Å². The fourth-order valence-electron chi connectivity index (χ4n) is 1.28. The average molecular weight is 243 g/mol. The van der Waals surface area contributed by atoms with E-state index >= 15 is 0 Å². The summed E-state index contributed by atoms with van der Waals surface area (Å²) in [6.45, 7) is 1.96. The third-order valence-corrected chi connectivity index (χ3v) is 2.19. The SMILES string of the molecule is CC/C(=N\Oc1ccccn1)c1cnc(N)cn1. The van der Waals surface area contributed by atoms with E-state index in [0.29, 0.717) is 29.5 Å². The number of nitrogens with two attached hydrogens (primary N) is 1. The zero-order valence-corrected chi connectivity index (χ0v) is 9.95. The maximum absolute atomic E-state index is 5.48. The van der Waals surface area contributed by atoms with Gasteiger partial charge in [-0.1, -0.05) is 18.1 Å². The van der Waals surface area contributed by atoms with Crippen LogP contribution >= 0.6 is 0 Å². The molecule has 0 saturated carbocycles. The van der Waals surface area contributed by atoms with Gasteiger partial charge in [-0.05, 0) is 12.5 Å². The van der Waals surface area contributed by atoms with Crippen molar-refractivity contribution in [2.75, 3.05) is 5.73 Å². The van der Waals surface area contributed by atoms with Crippen molar-refractivity contribution in [1.82, 2.24) is 15.0 Å². The van der Waals surface area contributed by atoms with Gasteiger partial charge in [0.25, 0.3) is 0 Å². The Balaban J connectivity index is 2.16. The molecule has 6 heteroatoms. The molecule has 0 radical (unpaired) electrons. The number of oxime groups is 1. The van der Waals surface area contributed by atoms with Crippen molar-refractivity contribution in [2.24, 2.45) is 5.16 Å². The molecule has 2 N–H and O–H groups in total. The minimum absolute atomic E-state index is 0.375. The molecule has 0 unspecified atom stereocenters. The number of anilines is 1. The molecule has 18 heavy (non-hydrogen) atoms. The molecule has 6 nitrogen and oxygen atoms in total. The lowest BCUT2D eigenvalue weighted by atomic mass is 10.2. The van der Waals surface area contributed by atoms with E-state index in [0.717, 1.165) is 0 Å². The zero-order valence-electron chi connectivity index (χ0n) is 9.95. The van der Waals surface area contributed by atoms with E-state index < -0.39 is 0 Å². The molecule has 2 rings (SSSR count). The summed E-state index contributed by atoms with van der Waals surface area (Å²) in [5, 5.41) is 4.02. The molecule has 0 atom stereocenters. The second kappa shape index (κ2) is 5.72. The molecule has 0 aliphatic heterocycles. The minimum atomic E-state index is 0.375. The Hall–Kier alpha value is -2.50. The molecule has 0 bridgehead atoms. The third kappa shape index (κ3) is 3.00. The highest BCUT2D eigenvalue weighted by Crippen LogP contribution is 2.07. The predicted molar refractivity (Wildman–Crippen MR) is 68.1 cm³/mol. The Morgan fingerprint density at radius 2 is 2.17 bits per heavy atom. The van der Waals surface area contributed by atoms with Gasteiger partial charge in [-0.25, -0.2) is 15.0 Å². The van der Waals surface area contributed by atoms with Crippen molar-refractivity contribution in [3.63, 3.8) is 0 Å². The number of pyridine rings is 1. The first-order valence-electron chi connectivity index (χ1n) is 5.52. The van der Waals surface area contributed by atoms with Gasteiger partial charge in [0.1, 0.15) is 17.2 Å². The van der Waals surface area contributed by atoms with Gasteiger partial charge in [-0.2, -0.15) is 0 Å². The van der Waals surface area contributed by atoms with E-state index in [-0.39, 0.29) is 0 Å². The monoisotopic (exact) mass is 243 g/mol. The van der Waals surface area contributed by atoms with Crippen LogP contribution in [0.2, 0.25) is 0 Å². The number of nitrogens with zero attached hydrogens (tertiary/aromatic N) is 4. The summed E-state index contributed by atoms with van der Waals surface area (Å²) < 4.78 is 0. The van der Waals surface area contributed by atoms with Crippen LogP contribution in [-0.4, -0.2) is 20.7 Å². The summed E-state index contributed by atoms with van der Waals surface area (Å²) >= 11 is 0. The molecule has 2 aromatic rings. The lowest BCUT2D eigenvalue weighted by Crippen LogP contribution is -2.06. The molecule has 0 amide bonds. The van der Waals surface area contributed by atoms with Crippen molar-refractivity contribution in [3.8, 4) is 5.88 Å². The molecule has 0 aliphatic rings. The second-order valence-corrected chi connectivity index (χ2v) is 3.48. The Kier molecular flexibility index (Phi) is 3.80. The van der Waals surface area contributed by atoms with Gasteiger partial charge >= 0.3 is 0 Å². The van der Waals surface area contributed by atoms with Gasteiger partial charge in [0, 0.05) is 12.3 Å². The van der Waals surface area contributed by atoms with Crippen LogP contribution in [0.5, 0.6) is 5.88 Å². The molecule has 2 heterocycles. The Bertz CT molecular complexity index is 524. The quantitative estimate of drug-likeness (QED) is 0.651. The summed E-state index contributed by atoms with van der Waals surface area (Å²) in [6.07, 6.45) is 5.37. The summed E-state index contributed by atoms with van der Waals surface area (Å²) in [5.41, 5.74) is 6.81. The summed E-state index contributed by atoms with van der Waals surface area (Å²) in [4.78, 5) is 17.3. The number of hydrogen-bond acceptors (Lipinski definition) is 6. The maximum Gasteiger partial charge on any atom is 0.248 e. The Morgan fingerprint density at radius 1 is 1.28 bits per heavy atom. The average Bonchev–Trinajstić information content (AvgIpc) is 2.42. The van der Waals surface area contributed by atoms with Gasteiger partial charge < -0.3 is 10.6 Å². The predicted octanol–water partition coefficient (Wildman–Crippen LogP) is 1.65. The standard InChI is InChI=1S/C12H13N5O/c1-2-9(10-7-16-11(13)8-15-10)17-18-12-5-3-4-6-14-12/h3-8H,2H2,1H3,(H2,13,16)/b17-9+. The van der Waals surface area contributed by atoms with Crippen LogP contribution in [0.1, 0.15) is 19.0 Å². The molecule has 0 saturated heterocycles. The molecule has 0 spiro atoms. The zero-order chi connectivity index (χ0) is 12.8. The van der Waals surface area contributed by atoms with Gasteiger partial charge in [0.15, 0.2) is 0 Å². The van der Waals surface area contributed by atoms with Crippen LogP contribution in [0.25, 0.3) is 0 Å². The smallest absolute Gasteiger partial charge is 0.248 e. The van der Waals surface area contributed by atoms with E-state index in [1.807, 2.05) is 19.1 Å². The van der Waals surface area contributed by atoms with Crippen LogP contribution < -0.4 is 10.6 Å². The van der Waals surface area contributed by atoms with Gasteiger partial charge in [0.2, 0.25) is 5.88 Å². The Labute approximate surface area is 105 Å². The molecule has 0 aliphatic carbocycles. The fourth-order valence-corrected chi connectivity index (χ4v) is 1.28. The van der Waals surface area contributed by atoms with E-state index in [1.165, 1.54) is 6.20 Å². The van der Waals surface area contributed by atoms with Gasteiger partial charge in [0.05, 0.1) is 12.4 Å². The maximum atomic E-state index is 5.48. The minimum Gasteiger partial charge on any atom is -0.382 e. The summed E-state index contributed by atoms with van der Waals surface area (Å²) in [7, 11) is 0. The largest absolute Gasteiger partial charge is 0.382 e. The van der Waals surface area contributed by atoms with Gasteiger partial charge in [-0.3, -0.25) is 0 Å². The summed E-state index contributed by atoms with van der Waals surface area (Å²) in [6, 6.07) is 5.36. The van der Waals surface area contributed by atoms with Gasteiger partial charge in [-0.15, -0.1) is 0 Å². The normalized spacial score (nSPS) is 11.3. The van der Waals surface area contributed by atoms with E-state index in [4.69, 9.17) is 10.6 Å². The van der Waals surface area contributed by atoms with Crippen molar-refractivity contribution >= 4 is 11.5 Å². The van der Waals surface area contributed by atoms with Crippen molar-refractivity contribution in [3.05, 3.63) is 42.5 Å². The number of rotatable bonds is 4. The van der Waals surface area contributed by atoms with Crippen LogP contribution in [0, 0.1) is 0 Å². The summed E-state index contributed by atoms with van der Waals surface area (Å²) in [5.74, 6) is 0.812. The molecule has 2 aromatic heterocycles. The highest BCUT2D eigenvalue weighted by atomic mass is 16.6. The lowest BCUT2D eigenvalue weighted by molar-refractivity contribution is 0.326. The first-order valence-corrected chi connectivity index (χ1v) is 5.52. The third-order valence-electron chi connectivity index (χ3n) is 2.19. The second-order valence-electron chi connectivity index (χ2n) is 3.48. The lowest BCUT2D eigenvalue weighted by Gasteiger charge is -2.02. The number of hydrogen-bond donors (Lipinski definition) is 1. The van der Waals surface area contributed by atoms with E-state index in [2.05, 4.69) is 20.1 Å². The molecular formula is C12H13N5O. The number of nitrogen functional groups attached to an aromatic ring is 1. The van der Waals surface area contributed by atoms with Crippen LogP contribution in [0.3, 0.4) is 0 Å². The van der Waals surface area contributed by atoms with E-state index in [9.17, 15) is 0 Å². The first kappa shape index (κ1) is 12.0. The Morgan fingerprint density at radius 3 is 2.78 bits per heavy atom. The van der Waals surface area contributed by atoms with Crippen LogP contribution in [-0.2, 0) is 0 Å². The van der Waals surface area contributed by atoms with Crippen molar-refractivity contribution in [2.45, 2.75) is 13.3 Å². The first-order chi connectivity index (χ1) is 8.79. The topological polar surface area (TPSA) is 86.3 Å². The molecule has 92 valence electrons. The molecule has 0 aromatic carbocycles. The molecular weight excluding hydrogens is 230 g/mol.